The highest BCUT2D eigenvalue weighted by Gasteiger charge is 2.06. The first kappa shape index (κ1) is 9.42. The Balaban J connectivity index is 3.05. The minimum Gasteiger partial charge on any atom is -0.316 e. The molecule has 0 fully saturated rings. The van der Waals surface area contributed by atoms with Gasteiger partial charge in [0.25, 0.3) is 0 Å². The second kappa shape index (κ2) is 3.83. The zero-order valence-electron chi connectivity index (χ0n) is 6.50. The van der Waals surface area contributed by atoms with Crippen molar-refractivity contribution < 1.29 is 8.78 Å². The Hall–Kier alpha value is -0.670. The van der Waals surface area contributed by atoms with E-state index in [4.69, 9.17) is 11.6 Å². The van der Waals surface area contributed by atoms with Crippen LogP contribution in [0.25, 0.3) is 0 Å². The van der Waals surface area contributed by atoms with Crippen molar-refractivity contribution >= 4 is 11.6 Å². The molecule has 0 aliphatic heterocycles. The molecule has 0 heterocycles. The molecule has 0 bridgehead atoms. The van der Waals surface area contributed by atoms with Gasteiger partial charge in [-0.2, -0.15) is 0 Å². The molecule has 0 atom stereocenters. The third-order valence-electron chi connectivity index (χ3n) is 1.46. The number of nitrogens with one attached hydrogen (secondary N) is 1. The van der Waals surface area contributed by atoms with Crippen molar-refractivity contribution in [3.63, 3.8) is 0 Å². The Bertz CT molecular complexity index is 289. The van der Waals surface area contributed by atoms with Crippen molar-refractivity contribution in [2.24, 2.45) is 0 Å². The van der Waals surface area contributed by atoms with E-state index in [1.165, 1.54) is 6.07 Å². The molecule has 0 unspecified atom stereocenters. The fourth-order valence-corrected chi connectivity index (χ4v) is 1.08. The van der Waals surface area contributed by atoms with E-state index in [-0.39, 0.29) is 5.02 Å². The zero-order chi connectivity index (χ0) is 9.14. The van der Waals surface area contributed by atoms with Gasteiger partial charge in [0.2, 0.25) is 0 Å². The maximum atomic E-state index is 12.9. The molecular weight excluding hydrogens is 184 g/mol. The summed E-state index contributed by atoms with van der Waals surface area (Å²) < 4.78 is 25.5. The smallest absolute Gasteiger partial charge is 0.144 e. The quantitative estimate of drug-likeness (QED) is 0.708. The molecule has 0 aromatic heterocycles. The second-order valence-corrected chi connectivity index (χ2v) is 2.80. The molecule has 0 saturated heterocycles. The highest BCUT2D eigenvalue weighted by Crippen LogP contribution is 2.18. The molecule has 0 radical (unpaired) electrons. The van der Waals surface area contributed by atoms with Crippen LogP contribution < -0.4 is 5.32 Å². The van der Waals surface area contributed by atoms with Crippen LogP contribution in [0.5, 0.6) is 0 Å². The van der Waals surface area contributed by atoms with Crippen molar-refractivity contribution in [1.29, 1.82) is 0 Å². The molecule has 1 aromatic carbocycles. The van der Waals surface area contributed by atoms with Crippen LogP contribution in [-0.4, -0.2) is 7.05 Å². The molecule has 0 spiro atoms. The van der Waals surface area contributed by atoms with Crippen LogP contribution in [0, 0.1) is 11.6 Å². The molecule has 0 amide bonds. The van der Waals surface area contributed by atoms with Gasteiger partial charge in [-0.3, -0.25) is 0 Å². The van der Waals surface area contributed by atoms with Gasteiger partial charge in [0.05, 0.1) is 5.02 Å². The Morgan fingerprint density at radius 3 is 2.58 bits per heavy atom. The molecule has 0 aliphatic carbocycles. The first-order valence-electron chi connectivity index (χ1n) is 3.43. The van der Waals surface area contributed by atoms with Crippen LogP contribution in [0.2, 0.25) is 5.02 Å². The number of hydrogen-bond acceptors (Lipinski definition) is 1. The second-order valence-electron chi connectivity index (χ2n) is 2.39. The number of halogens is 3. The maximum absolute atomic E-state index is 12.9. The van der Waals surface area contributed by atoms with Crippen molar-refractivity contribution in [1.82, 2.24) is 5.32 Å². The third kappa shape index (κ3) is 1.93. The van der Waals surface area contributed by atoms with E-state index in [0.29, 0.717) is 12.1 Å². The first-order valence-corrected chi connectivity index (χ1v) is 3.81. The fourth-order valence-electron chi connectivity index (χ4n) is 0.890. The lowest BCUT2D eigenvalue weighted by molar-refractivity contribution is 0.567. The van der Waals surface area contributed by atoms with Crippen LogP contribution >= 0.6 is 11.6 Å². The highest BCUT2D eigenvalue weighted by atomic mass is 35.5. The van der Waals surface area contributed by atoms with Gasteiger partial charge in [-0.05, 0) is 13.1 Å². The number of rotatable bonds is 2. The van der Waals surface area contributed by atoms with Gasteiger partial charge < -0.3 is 5.32 Å². The molecule has 0 saturated carbocycles. The van der Waals surface area contributed by atoms with E-state index in [0.717, 1.165) is 6.07 Å². The van der Waals surface area contributed by atoms with E-state index >= 15 is 0 Å². The van der Waals surface area contributed by atoms with Gasteiger partial charge in [-0.1, -0.05) is 11.6 Å². The van der Waals surface area contributed by atoms with Crippen LogP contribution in [0.4, 0.5) is 8.78 Å². The molecule has 1 nitrogen and oxygen atoms in total. The minimum absolute atomic E-state index is 0.0540. The van der Waals surface area contributed by atoms with E-state index in [9.17, 15) is 8.78 Å². The molecule has 12 heavy (non-hydrogen) atoms. The van der Waals surface area contributed by atoms with Crippen LogP contribution in [0.15, 0.2) is 12.1 Å². The largest absolute Gasteiger partial charge is 0.316 e. The molecule has 0 aliphatic rings. The van der Waals surface area contributed by atoms with E-state index in [1.54, 1.807) is 7.05 Å². The average molecular weight is 192 g/mol. The Labute approximate surface area is 74.3 Å². The molecule has 4 heteroatoms. The van der Waals surface area contributed by atoms with E-state index in [2.05, 4.69) is 5.32 Å². The lowest BCUT2D eigenvalue weighted by Crippen LogP contribution is -2.07. The molecule has 1 aromatic rings. The molecule has 66 valence electrons. The Morgan fingerprint density at radius 2 is 2.00 bits per heavy atom. The van der Waals surface area contributed by atoms with Gasteiger partial charge in [0.15, 0.2) is 0 Å². The van der Waals surface area contributed by atoms with E-state index in [1.807, 2.05) is 0 Å². The standard InChI is InChI=1S/C8H8ClF2N/c1-12-4-5-2-6(9)8(11)3-7(5)10/h2-3,12H,4H2,1H3. The Kier molecular flexibility index (Phi) is 3.00. The number of hydrogen-bond donors (Lipinski definition) is 1. The predicted octanol–water partition coefficient (Wildman–Crippen LogP) is 2.34. The summed E-state index contributed by atoms with van der Waals surface area (Å²) in [5.41, 5.74) is 0.365. The van der Waals surface area contributed by atoms with Crippen molar-refractivity contribution in [3.8, 4) is 0 Å². The number of benzene rings is 1. The topological polar surface area (TPSA) is 12.0 Å². The van der Waals surface area contributed by atoms with Gasteiger partial charge in [-0.25, -0.2) is 8.78 Å². The minimum atomic E-state index is -0.728. The predicted molar refractivity (Wildman–Crippen MR) is 44.1 cm³/mol. The Morgan fingerprint density at radius 1 is 1.33 bits per heavy atom. The summed E-state index contributed by atoms with van der Waals surface area (Å²) >= 11 is 5.45. The maximum Gasteiger partial charge on any atom is 0.144 e. The average Bonchev–Trinajstić information content (AvgIpc) is 2.01. The monoisotopic (exact) mass is 191 g/mol. The molecule has 1 rings (SSSR count). The van der Waals surface area contributed by atoms with Gasteiger partial charge in [0.1, 0.15) is 11.6 Å². The van der Waals surface area contributed by atoms with Crippen LogP contribution in [-0.2, 0) is 6.54 Å². The lowest BCUT2D eigenvalue weighted by atomic mass is 10.2. The van der Waals surface area contributed by atoms with Crippen molar-refractivity contribution in [2.45, 2.75) is 6.54 Å². The summed E-state index contributed by atoms with van der Waals surface area (Å²) in [5, 5.41) is 2.70. The van der Waals surface area contributed by atoms with Crippen LogP contribution in [0.3, 0.4) is 0 Å². The third-order valence-corrected chi connectivity index (χ3v) is 1.75. The van der Waals surface area contributed by atoms with Crippen molar-refractivity contribution in [2.75, 3.05) is 7.05 Å². The lowest BCUT2D eigenvalue weighted by Gasteiger charge is -2.02. The van der Waals surface area contributed by atoms with Gasteiger partial charge >= 0.3 is 0 Å². The SMILES string of the molecule is CNCc1cc(Cl)c(F)cc1F. The fraction of sp³-hybridized carbons (Fsp3) is 0.250. The van der Waals surface area contributed by atoms with Gasteiger partial charge in [0, 0.05) is 18.2 Å². The molecule has 1 N–H and O–H groups in total. The van der Waals surface area contributed by atoms with Crippen molar-refractivity contribution in [3.05, 3.63) is 34.4 Å². The summed E-state index contributed by atoms with van der Waals surface area (Å²) in [4.78, 5) is 0. The summed E-state index contributed by atoms with van der Waals surface area (Å²) in [6.07, 6.45) is 0. The van der Waals surface area contributed by atoms with Gasteiger partial charge in [-0.15, -0.1) is 0 Å². The molecular formula is C8H8ClF2N. The summed E-state index contributed by atoms with van der Waals surface area (Å²) in [6.45, 7) is 0.339. The normalized spacial score (nSPS) is 10.3. The zero-order valence-corrected chi connectivity index (χ0v) is 7.25. The first-order chi connectivity index (χ1) is 5.65. The summed E-state index contributed by atoms with van der Waals surface area (Å²) in [6, 6.07) is 2.07. The van der Waals surface area contributed by atoms with Crippen LogP contribution in [0.1, 0.15) is 5.56 Å². The summed E-state index contributed by atoms with van der Waals surface area (Å²) in [7, 11) is 1.68. The highest BCUT2D eigenvalue weighted by molar-refractivity contribution is 6.30. The summed E-state index contributed by atoms with van der Waals surface area (Å²) in [5.74, 6) is -1.31. The van der Waals surface area contributed by atoms with E-state index < -0.39 is 11.6 Å².